The summed E-state index contributed by atoms with van der Waals surface area (Å²) in [6, 6.07) is 0. The van der Waals surface area contributed by atoms with Gasteiger partial charge in [-0.3, -0.25) is 0 Å². The lowest BCUT2D eigenvalue weighted by Crippen LogP contribution is -2.32. The fourth-order valence-electron chi connectivity index (χ4n) is 2.23. The zero-order valence-electron chi connectivity index (χ0n) is 13.2. The molecule has 0 unspecified atom stereocenters. The standard InChI is InChI=1S/C15H33NO2S/c1-4-6-8-10-12-14-16(19(3,17)18)15-13-11-9-7-5-2/h4-15H2,1-3H3. The molecule has 0 N–H and O–H groups in total. The molecule has 0 spiro atoms. The smallest absolute Gasteiger partial charge is 0.211 e. The van der Waals surface area contributed by atoms with Crippen LogP contribution in [0.3, 0.4) is 0 Å². The molecule has 0 saturated carbocycles. The highest BCUT2D eigenvalue weighted by molar-refractivity contribution is 7.88. The minimum absolute atomic E-state index is 0.705. The van der Waals surface area contributed by atoms with Gasteiger partial charge in [-0.1, -0.05) is 65.2 Å². The molecule has 19 heavy (non-hydrogen) atoms. The highest BCUT2D eigenvalue weighted by Gasteiger charge is 2.15. The van der Waals surface area contributed by atoms with E-state index in [-0.39, 0.29) is 0 Å². The van der Waals surface area contributed by atoms with E-state index in [1.165, 1.54) is 44.8 Å². The van der Waals surface area contributed by atoms with Gasteiger partial charge in [0.2, 0.25) is 10.0 Å². The van der Waals surface area contributed by atoms with Crippen LogP contribution in [-0.2, 0) is 10.0 Å². The lowest BCUT2D eigenvalue weighted by Gasteiger charge is -2.19. The Bertz CT molecular complexity index is 275. The van der Waals surface area contributed by atoms with E-state index >= 15 is 0 Å². The summed E-state index contributed by atoms with van der Waals surface area (Å²) in [7, 11) is -3.02. The predicted octanol–water partition coefficient (Wildman–Crippen LogP) is 4.19. The third kappa shape index (κ3) is 11.4. The average molecular weight is 292 g/mol. The van der Waals surface area contributed by atoms with Crippen LogP contribution in [0.15, 0.2) is 0 Å². The number of sulfonamides is 1. The fourth-order valence-corrected chi connectivity index (χ4v) is 3.15. The van der Waals surface area contributed by atoms with E-state index < -0.39 is 10.0 Å². The van der Waals surface area contributed by atoms with E-state index in [0.29, 0.717) is 13.1 Å². The van der Waals surface area contributed by atoms with Crippen molar-refractivity contribution in [2.75, 3.05) is 19.3 Å². The first-order valence-electron chi connectivity index (χ1n) is 7.97. The van der Waals surface area contributed by atoms with E-state index in [9.17, 15) is 8.42 Å². The van der Waals surface area contributed by atoms with Crippen LogP contribution in [0, 0.1) is 0 Å². The third-order valence-electron chi connectivity index (χ3n) is 3.49. The van der Waals surface area contributed by atoms with E-state index in [0.717, 1.165) is 25.7 Å². The van der Waals surface area contributed by atoms with Gasteiger partial charge in [-0.2, -0.15) is 0 Å². The molecule has 0 atom stereocenters. The maximum Gasteiger partial charge on any atom is 0.211 e. The van der Waals surface area contributed by atoms with Crippen LogP contribution < -0.4 is 0 Å². The Morgan fingerprint density at radius 1 is 0.684 bits per heavy atom. The van der Waals surface area contributed by atoms with Gasteiger partial charge in [0.05, 0.1) is 6.26 Å². The first-order chi connectivity index (χ1) is 9.02. The molecule has 0 saturated heterocycles. The lowest BCUT2D eigenvalue weighted by atomic mass is 10.1. The maximum absolute atomic E-state index is 11.7. The van der Waals surface area contributed by atoms with Crippen molar-refractivity contribution in [3.8, 4) is 0 Å². The van der Waals surface area contributed by atoms with Gasteiger partial charge in [0.25, 0.3) is 0 Å². The van der Waals surface area contributed by atoms with E-state index in [4.69, 9.17) is 0 Å². The van der Waals surface area contributed by atoms with Crippen molar-refractivity contribution in [2.45, 2.75) is 78.1 Å². The number of hydrogen-bond acceptors (Lipinski definition) is 2. The molecule has 3 nitrogen and oxygen atoms in total. The summed E-state index contributed by atoms with van der Waals surface area (Å²) in [5.41, 5.74) is 0. The highest BCUT2D eigenvalue weighted by Crippen LogP contribution is 2.09. The molecular weight excluding hydrogens is 258 g/mol. The molecule has 0 aliphatic carbocycles. The van der Waals surface area contributed by atoms with Crippen LogP contribution in [0.1, 0.15) is 78.1 Å². The molecule has 0 aliphatic rings. The summed E-state index contributed by atoms with van der Waals surface area (Å²) in [4.78, 5) is 0. The van der Waals surface area contributed by atoms with Gasteiger partial charge in [-0.25, -0.2) is 12.7 Å². The molecule has 0 aromatic carbocycles. The van der Waals surface area contributed by atoms with Crippen molar-refractivity contribution in [1.82, 2.24) is 4.31 Å². The molecule has 0 aliphatic heterocycles. The monoisotopic (exact) mass is 291 g/mol. The molecule has 116 valence electrons. The molecule has 0 aromatic heterocycles. The summed E-state index contributed by atoms with van der Waals surface area (Å²) in [6.07, 6.45) is 13.1. The van der Waals surface area contributed by atoms with Crippen molar-refractivity contribution < 1.29 is 8.42 Å². The van der Waals surface area contributed by atoms with Crippen molar-refractivity contribution >= 4 is 10.0 Å². The Morgan fingerprint density at radius 2 is 1.05 bits per heavy atom. The molecule has 0 rings (SSSR count). The summed E-state index contributed by atoms with van der Waals surface area (Å²) in [6.45, 7) is 5.80. The van der Waals surface area contributed by atoms with Gasteiger partial charge in [0, 0.05) is 13.1 Å². The second-order valence-corrected chi connectivity index (χ2v) is 7.47. The summed E-state index contributed by atoms with van der Waals surface area (Å²) < 4.78 is 25.1. The Morgan fingerprint density at radius 3 is 1.37 bits per heavy atom. The SMILES string of the molecule is CCCCCCCN(CCCCCCC)S(C)(=O)=O. The molecular formula is C15H33NO2S. The van der Waals surface area contributed by atoms with Crippen LogP contribution in [0.4, 0.5) is 0 Å². The van der Waals surface area contributed by atoms with Crippen molar-refractivity contribution in [3.05, 3.63) is 0 Å². The molecule has 0 bridgehead atoms. The zero-order chi connectivity index (χ0) is 14.6. The topological polar surface area (TPSA) is 37.4 Å². The summed E-state index contributed by atoms with van der Waals surface area (Å²) in [5.74, 6) is 0. The Hall–Kier alpha value is -0.0900. The van der Waals surface area contributed by atoms with Crippen LogP contribution >= 0.6 is 0 Å². The van der Waals surface area contributed by atoms with Gasteiger partial charge in [-0.15, -0.1) is 0 Å². The zero-order valence-corrected chi connectivity index (χ0v) is 14.0. The second-order valence-electron chi connectivity index (χ2n) is 5.49. The molecule has 0 fully saturated rings. The van der Waals surface area contributed by atoms with Crippen molar-refractivity contribution in [2.24, 2.45) is 0 Å². The van der Waals surface area contributed by atoms with Crippen LogP contribution in [-0.4, -0.2) is 32.1 Å². The first kappa shape index (κ1) is 18.9. The van der Waals surface area contributed by atoms with E-state index in [2.05, 4.69) is 13.8 Å². The average Bonchev–Trinajstić information content (AvgIpc) is 2.34. The van der Waals surface area contributed by atoms with Crippen LogP contribution in [0.5, 0.6) is 0 Å². The molecule has 0 amide bonds. The number of nitrogens with zero attached hydrogens (tertiary/aromatic N) is 1. The number of unbranched alkanes of at least 4 members (excludes halogenated alkanes) is 8. The van der Waals surface area contributed by atoms with Crippen molar-refractivity contribution in [1.29, 1.82) is 0 Å². The van der Waals surface area contributed by atoms with Crippen LogP contribution in [0.25, 0.3) is 0 Å². The van der Waals surface area contributed by atoms with Gasteiger partial charge >= 0.3 is 0 Å². The summed E-state index contributed by atoms with van der Waals surface area (Å²) in [5, 5.41) is 0. The number of hydrogen-bond donors (Lipinski definition) is 0. The minimum atomic E-state index is -3.02. The molecule has 0 radical (unpaired) electrons. The highest BCUT2D eigenvalue weighted by atomic mass is 32.2. The second kappa shape index (κ2) is 11.7. The van der Waals surface area contributed by atoms with Gasteiger partial charge in [0.1, 0.15) is 0 Å². The van der Waals surface area contributed by atoms with Crippen LogP contribution in [0.2, 0.25) is 0 Å². The van der Waals surface area contributed by atoms with Gasteiger partial charge in [0.15, 0.2) is 0 Å². The predicted molar refractivity (Wildman–Crippen MR) is 83.9 cm³/mol. The van der Waals surface area contributed by atoms with E-state index in [1.54, 1.807) is 4.31 Å². The van der Waals surface area contributed by atoms with Crippen molar-refractivity contribution in [3.63, 3.8) is 0 Å². The van der Waals surface area contributed by atoms with E-state index in [1.807, 2.05) is 0 Å². The summed E-state index contributed by atoms with van der Waals surface area (Å²) >= 11 is 0. The maximum atomic E-state index is 11.7. The van der Waals surface area contributed by atoms with Gasteiger partial charge < -0.3 is 0 Å². The third-order valence-corrected chi connectivity index (χ3v) is 4.79. The quantitative estimate of drug-likeness (QED) is 0.477. The molecule has 0 heterocycles. The Labute approximate surface area is 120 Å². The fraction of sp³-hybridized carbons (Fsp3) is 1.00. The number of rotatable bonds is 13. The van der Waals surface area contributed by atoms with Gasteiger partial charge in [-0.05, 0) is 12.8 Å². The Balaban J connectivity index is 3.84. The lowest BCUT2D eigenvalue weighted by molar-refractivity contribution is 0.387. The molecule has 0 aromatic rings. The minimum Gasteiger partial charge on any atom is -0.213 e. The first-order valence-corrected chi connectivity index (χ1v) is 9.82. The normalized spacial score (nSPS) is 12.2. The largest absolute Gasteiger partial charge is 0.213 e. The Kier molecular flexibility index (Phi) is 11.7. The molecule has 4 heteroatoms.